The quantitative estimate of drug-likeness (QED) is 0.916. The molecule has 4 heteroatoms. The van der Waals surface area contributed by atoms with Crippen molar-refractivity contribution < 1.29 is 9.59 Å². The van der Waals surface area contributed by atoms with Crippen LogP contribution in [0.5, 0.6) is 0 Å². The van der Waals surface area contributed by atoms with Crippen LogP contribution in [0.25, 0.3) is 0 Å². The first kappa shape index (κ1) is 17.2. The molecule has 2 amide bonds. The van der Waals surface area contributed by atoms with Gasteiger partial charge in [-0.2, -0.15) is 0 Å². The molecule has 1 N–H and O–H groups in total. The second-order valence-electron chi connectivity index (χ2n) is 6.82. The van der Waals surface area contributed by atoms with Gasteiger partial charge in [0.15, 0.2) is 0 Å². The van der Waals surface area contributed by atoms with Gasteiger partial charge in [0.2, 0.25) is 0 Å². The van der Waals surface area contributed by atoms with Crippen molar-refractivity contribution in [3.8, 4) is 0 Å². The summed E-state index contributed by atoms with van der Waals surface area (Å²) in [6.07, 6.45) is 2.08. The maximum absolute atomic E-state index is 12.7. The summed E-state index contributed by atoms with van der Waals surface area (Å²) < 4.78 is 0. The number of para-hydroxylation sites is 1. The molecule has 0 saturated carbocycles. The van der Waals surface area contributed by atoms with Crippen molar-refractivity contribution in [2.75, 3.05) is 18.4 Å². The normalized spacial score (nSPS) is 15.0. The van der Waals surface area contributed by atoms with Crippen LogP contribution >= 0.6 is 0 Å². The van der Waals surface area contributed by atoms with Crippen LogP contribution in [0.4, 0.5) is 5.69 Å². The van der Waals surface area contributed by atoms with Crippen LogP contribution in [0.2, 0.25) is 0 Å². The van der Waals surface area contributed by atoms with E-state index in [-0.39, 0.29) is 11.8 Å². The molecule has 0 aliphatic carbocycles. The zero-order valence-electron chi connectivity index (χ0n) is 14.8. The highest BCUT2D eigenvalue weighted by molar-refractivity contribution is 6.06. The number of piperidine rings is 1. The summed E-state index contributed by atoms with van der Waals surface area (Å²) in [6.45, 7) is 5.75. The van der Waals surface area contributed by atoms with Gasteiger partial charge in [-0.1, -0.05) is 31.2 Å². The lowest BCUT2D eigenvalue weighted by Crippen LogP contribution is -2.38. The molecule has 1 heterocycles. The first-order chi connectivity index (χ1) is 12.0. The Morgan fingerprint density at radius 3 is 2.40 bits per heavy atom. The summed E-state index contributed by atoms with van der Waals surface area (Å²) in [5.41, 5.74) is 2.87. The highest BCUT2D eigenvalue weighted by Gasteiger charge is 2.22. The van der Waals surface area contributed by atoms with Crippen LogP contribution in [0.1, 0.15) is 46.0 Å². The number of benzene rings is 2. The number of hydrogen-bond acceptors (Lipinski definition) is 2. The summed E-state index contributed by atoms with van der Waals surface area (Å²) in [4.78, 5) is 27.1. The van der Waals surface area contributed by atoms with Crippen molar-refractivity contribution in [1.82, 2.24) is 4.90 Å². The lowest BCUT2D eigenvalue weighted by Gasteiger charge is -2.30. The van der Waals surface area contributed by atoms with Gasteiger partial charge < -0.3 is 10.2 Å². The number of carbonyl (C=O) groups excluding carboxylic acids is 2. The number of likely N-dealkylation sites (tertiary alicyclic amines) is 1. The molecule has 1 aliphatic rings. The molecule has 0 aromatic heterocycles. The van der Waals surface area contributed by atoms with E-state index in [0.29, 0.717) is 17.0 Å². The minimum Gasteiger partial charge on any atom is -0.339 e. The average molecular weight is 336 g/mol. The van der Waals surface area contributed by atoms with Gasteiger partial charge in [-0.25, -0.2) is 0 Å². The number of carbonyl (C=O) groups is 2. The van der Waals surface area contributed by atoms with Gasteiger partial charge in [-0.3, -0.25) is 9.59 Å². The van der Waals surface area contributed by atoms with E-state index in [2.05, 4.69) is 12.2 Å². The summed E-state index contributed by atoms with van der Waals surface area (Å²) in [5.74, 6) is 0.490. The molecule has 1 saturated heterocycles. The fourth-order valence-corrected chi connectivity index (χ4v) is 3.10. The Balaban J connectivity index is 1.73. The zero-order chi connectivity index (χ0) is 17.8. The Labute approximate surface area is 148 Å². The molecule has 2 aromatic rings. The number of amides is 2. The van der Waals surface area contributed by atoms with Crippen LogP contribution in [-0.4, -0.2) is 29.8 Å². The lowest BCUT2D eigenvalue weighted by molar-refractivity contribution is 0.0697. The third-order valence-electron chi connectivity index (χ3n) is 4.84. The van der Waals surface area contributed by atoms with E-state index >= 15 is 0 Å². The van der Waals surface area contributed by atoms with Gasteiger partial charge >= 0.3 is 0 Å². The second-order valence-corrected chi connectivity index (χ2v) is 6.82. The zero-order valence-corrected chi connectivity index (χ0v) is 14.8. The van der Waals surface area contributed by atoms with E-state index < -0.39 is 0 Å². The van der Waals surface area contributed by atoms with Crippen molar-refractivity contribution in [2.24, 2.45) is 5.92 Å². The van der Waals surface area contributed by atoms with Crippen molar-refractivity contribution >= 4 is 17.5 Å². The number of nitrogens with zero attached hydrogens (tertiary/aromatic N) is 1. The molecule has 0 bridgehead atoms. The monoisotopic (exact) mass is 336 g/mol. The Hall–Kier alpha value is -2.62. The summed E-state index contributed by atoms with van der Waals surface area (Å²) in [5, 5.41) is 2.91. The van der Waals surface area contributed by atoms with Gasteiger partial charge in [0, 0.05) is 29.9 Å². The fourth-order valence-electron chi connectivity index (χ4n) is 3.10. The van der Waals surface area contributed by atoms with E-state index in [1.165, 1.54) is 0 Å². The molecule has 3 rings (SSSR count). The molecule has 1 fully saturated rings. The minimum absolute atomic E-state index is 0.0115. The van der Waals surface area contributed by atoms with Crippen LogP contribution < -0.4 is 5.32 Å². The summed E-state index contributed by atoms with van der Waals surface area (Å²) >= 11 is 0. The van der Waals surface area contributed by atoms with E-state index in [9.17, 15) is 9.59 Å². The largest absolute Gasteiger partial charge is 0.339 e. The maximum atomic E-state index is 12.7. The number of rotatable bonds is 3. The number of aryl methyl sites for hydroxylation is 1. The molecule has 0 atom stereocenters. The average Bonchev–Trinajstić information content (AvgIpc) is 2.64. The first-order valence-corrected chi connectivity index (χ1v) is 8.81. The summed E-state index contributed by atoms with van der Waals surface area (Å²) in [6, 6.07) is 14.6. The second kappa shape index (κ2) is 7.51. The van der Waals surface area contributed by atoms with E-state index in [0.717, 1.165) is 37.2 Å². The van der Waals surface area contributed by atoms with Crippen molar-refractivity contribution in [2.45, 2.75) is 26.7 Å². The minimum atomic E-state index is -0.198. The van der Waals surface area contributed by atoms with Crippen LogP contribution in [0.15, 0.2) is 48.5 Å². The third kappa shape index (κ3) is 4.08. The molecule has 0 spiro atoms. The topological polar surface area (TPSA) is 49.4 Å². The maximum Gasteiger partial charge on any atom is 0.255 e. The predicted octanol–water partition coefficient (Wildman–Crippen LogP) is 4.12. The number of anilines is 1. The Morgan fingerprint density at radius 1 is 1.00 bits per heavy atom. The fraction of sp³-hybridized carbons (Fsp3) is 0.333. The molecule has 25 heavy (non-hydrogen) atoms. The standard InChI is InChI=1S/C21H24N2O2/c1-15-10-12-23(13-11-15)21(25)18-8-5-7-17(14-18)20(24)22-19-9-4-3-6-16(19)2/h3-9,14-15H,10-13H2,1-2H3,(H,22,24). The number of hydrogen-bond donors (Lipinski definition) is 1. The lowest BCUT2D eigenvalue weighted by atomic mass is 9.98. The third-order valence-corrected chi connectivity index (χ3v) is 4.84. The van der Waals surface area contributed by atoms with Gasteiger partial charge in [-0.15, -0.1) is 0 Å². The Morgan fingerprint density at radius 2 is 1.68 bits per heavy atom. The molecule has 0 radical (unpaired) electrons. The highest BCUT2D eigenvalue weighted by Crippen LogP contribution is 2.19. The molecular formula is C21H24N2O2. The smallest absolute Gasteiger partial charge is 0.255 e. The molecule has 1 aliphatic heterocycles. The molecular weight excluding hydrogens is 312 g/mol. The summed E-state index contributed by atoms with van der Waals surface area (Å²) in [7, 11) is 0. The first-order valence-electron chi connectivity index (χ1n) is 8.81. The van der Waals surface area contributed by atoms with Crippen molar-refractivity contribution in [3.63, 3.8) is 0 Å². The Kier molecular flexibility index (Phi) is 5.17. The van der Waals surface area contributed by atoms with Gasteiger partial charge in [0.05, 0.1) is 0 Å². The SMILES string of the molecule is Cc1ccccc1NC(=O)c1cccc(C(=O)N2CCC(C)CC2)c1. The van der Waals surface area contributed by atoms with Crippen molar-refractivity contribution in [1.29, 1.82) is 0 Å². The van der Waals surface area contributed by atoms with Gasteiger partial charge in [0.25, 0.3) is 11.8 Å². The van der Waals surface area contributed by atoms with Crippen LogP contribution in [0.3, 0.4) is 0 Å². The predicted molar refractivity (Wildman–Crippen MR) is 99.9 cm³/mol. The van der Waals surface area contributed by atoms with Gasteiger partial charge in [0.1, 0.15) is 0 Å². The van der Waals surface area contributed by atoms with Gasteiger partial charge in [-0.05, 0) is 55.5 Å². The molecule has 4 nitrogen and oxygen atoms in total. The Bertz CT molecular complexity index is 777. The molecule has 2 aromatic carbocycles. The van der Waals surface area contributed by atoms with E-state index in [1.807, 2.05) is 36.1 Å². The van der Waals surface area contributed by atoms with Crippen molar-refractivity contribution in [3.05, 3.63) is 65.2 Å². The molecule has 130 valence electrons. The highest BCUT2D eigenvalue weighted by atomic mass is 16.2. The van der Waals surface area contributed by atoms with E-state index in [1.54, 1.807) is 24.3 Å². The molecule has 0 unspecified atom stereocenters. The number of nitrogens with one attached hydrogen (secondary N) is 1. The van der Waals surface area contributed by atoms with E-state index in [4.69, 9.17) is 0 Å². The van der Waals surface area contributed by atoms with Crippen LogP contribution in [0, 0.1) is 12.8 Å². The van der Waals surface area contributed by atoms with Crippen LogP contribution in [-0.2, 0) is 0 Å².